The fraction of sp³-hybridized carbons (Fsp3) is 0.222. The number of fused-ring (bicyclic) bond motifs is 1. The normalized spacial score (nSPS) is 19.3. The van der Waals surface area contributed by atoms with Crippen molar-refractivity contribution in [3.63, 3.8) is 0 Å². The van der Waals surface area contributed by atoms with Crippen molar-refractivity contribution in [3.05, 3.63) is 35.7 Å². The molecule has 2 aliphatic heterocycles. The number of nitrogens with zero attached hydrogens (tertiary/aromatic N) is 1. The Morgan fingerprint density at radius 3 is 3.23 bits per heavy atom. The van der Waals surface area contributed by atoms with E-state index in [0.717, 1.165) is 5.70 Å². The first-order valence-electron chi connectivity index (χ1n) is 4.02. The summed E-state index contributed by atoms with van der Waals surface area (Å²) in [7, 11) is 1.39. The molecule has 0 unspecified atom stereocenters. The van der Waals surface area contributed by atoms with Gasteiger partial charge in [0, 0.05) is 12.7 Å². The van der Waals surface area contributed by atoms with Crippen LogP contribution in [0.3, 0.4) is 0 Å². The van der Waals surface area contributed by atoms with Crippen LogP contribution in [0.4, 0.5) is 0 Å². The predicted molar refractivity (Wildman–Crippen MR) is 47.2 cm³/mol. The van der Waals surface area contributed by atoms with Crippen LogP contribution in [0.1, 0.15) is 0 Å². The van der Waals surface area contributed by atoms with Crippen molar-refractivity contribution in [3.8, 4) is 0 Å². The highest BCUT2D eigenvalue weighted by Gasteiger charge is 2.25. The number of allylic oxidation sites excluding steroid dienone is 3. The number of nitrogens with one attached hydrogen (secondary N) is 1. The van der Waals surface area contributed by atoms with E-state index in [2.05, 4.69) is 10.2 Å². The molecule has 0 spiro atoms. The molecule has 0 bridgehead atoms. The molecule has 2 rings (SSSR count). The predicted octanol–water partition coefficient (Wildman–Crippen LogP) is 0.317. The number of hydrogen-bond acceptors (Lipinski definition) is 4. The number of ether oxygens (including phenoxy) is 1. The van der Waals surface area contributed by atoms with Crippen molar-refractivity contribution in [2.75, 3.05) is 13.7 Å². The monoisotopic (exact) mass is 178 g/mol. The zero-order valence-corrected chi connectivity index (χ0v) is 7.28. The minimum absolute atomic E-state index is 0.273. The summed E-state index contributed by atoms with van der Waals surface area (Å²) in [5.74, 6) is -0.273. The maximum Gasteiger partial charge on any atom is 0.337 e. The summed E-state index contributed by atoms with van der Waals surface area (Å²) in [4.78, 5) is 11.3. The molecule has 0 atom stereocenters. The van der Waals surface area contributed by atoms with Gasteiger partial charge in [-0.25, -0.2) is 10.2 Å². The maximum atomic E-state index is 11.3. The maximum absolute atomic E-state index is 11.3. The molecule has 0 saturated carbocycles. The molecular formula is C9H10N2O2. The SMILES string of the molecule is COC(=O)C1=C2C=CC=CN2NC1. The molecule has 0 aromatic carbocycles. The second kappa shape index (κ2) is 3.06. The third-order valence-corrected chi connectivity index (χ3v) is 2.03. The van der Waals surface area contributed by atoms with Crippen LogP contribution in [-0.4, -0.2) is 24.6 Å². The van der Waals surface area contributed by atoms with Crippen LogP contribution in [0.15, 0.2) is 35.7 Å². The Morgan fingerprint density at radius 2 is 2.46 bits per heavy atom. The first kappa shape index (κ1) is 8.07. The van der Waals surface area contributed by atoms with Crippen molar-refractivity contribution in [2.45, 2.75) is 0 Å². The van der Waals surface area contributed by atoms with Gasteiger partial charge in [0.25, 0.3) is 0 Å². The van der Waals surface area contributed by atoms with Crippen LogP contribution < -0.4 is 5.43 Å². The molecule has 0 aliphatic carbocycles. The Labute approximate surface area is 76.1 Å². The van der Waals surface area contributed by atoms with E-state index in [9.17, 15) is 4.79 Å². The van der Waals surface area contributed by atoms with E-state index >= 15 is 0 Å². The molecule has 0 aromatic rings. The molecule has 0 amide bonds. The third kappa shape index (κ3) is 1.25. The smallest absolute Gasteiger partial charge is 0.337 e. The second-order valence-electron chi connectivity index (χ2n) is 2.76. The van der Waals surface area contributed by atoms with E-state index in [1.165, 1.54) is 7.11 Å². The summed E-state index contributed by atoms with van der Waals surface area (Å²) in [5.41, 5.74) is 4.58. The summed E-state index contributed by atoms with van der Waals surface area (Å²) in [5, 5.41) is 1.81. The van der Waals surface area contributed by atoms with Gasteiger partial charge in [-0.3, -0.25) is 5.01 Å². The van der Waals surface area contributed by atoms with Gasteiger partial charge in [-0.2, -0.15) is 0 Å². The van der Waals surface area contributed by atoms with E-state index in [4.69, 9.17) is 0 Å². The van der Waals surface area contributed by atoms with Crippen molar-refractivity contribution >= 4 is 5.97 Å². The van der Waals surface area contributed by atoms with Crippen LogP contribution in [0.25, 0.3) is 0 Å². The van der Waals surface area contributed by atoms with Gasteiger partial charge in [0.05, 0.1) is 18.4 Å². The first-order valence-corrected chi connectivity index (χ1v) is 4.02. The molecule has 0 fully saturated rings. The van der Waals surface area contributed by atoms with E-state index in [-0.39, 0.29) is 5.97 Å². The molecule has 1 N–H and O–H groups in total. The number of hydrazine groups is 1. The lowest BCUT2D eigenvalue weighted by molar-refractivity contribution is -0.136. The van der Waals surface area contributed by atoms with E-state index in [1.54, 1.807) is 0 Å². The Morgan fingerprint density at radius 1 is 1.62 bits per heavy atom. The topological polar surface area (TPSA) is 41.6 Å². The number of esters is 1. The molecule has 0 radical (unpaired) electrons. The molecule has 2 aliphatic rings. The summed E-state index contributed by atoms with van der Waals surface area (Å²) in [6.07, 6.45) is 7.54. The van der Waals surface area contributed by atoms with E-state index in [1.807, 2.05) is 29.4 Å². The van der Waals surface area contributed by atoms with Crippen LogP contribution >= 0.6 is 0 Å². The standard InChI is InChI=1S/C9H10N2O2/c1-13-9(12)7-6-10-11-5-3-2-4-8(7)11/h2-5,10H,6H2,1H3. The number of carbonyl (C=O) groups is 1. The molecule has 0 aromatic heterocycles. The zero-order valence-electron chi connectivity index (χ0n) is 7.28. The number of methoxy groups -OCH3 is 1. The fourth-order valence-corrected chi connectivity index (χ4v) is 1.38. The molecule has 13 heavy (non-hydrogen) atoms. The molecule has 4 heteroatoms. The van der Waals surface area contributed by atoms with Crippen LogP contribution in [0.5, 0.6) is 0 Å². The Hall–Kier alpha value is -1.55. The van der Waals surface area contributed by atoms with Gasteiger partial charge in [0.2, 0.25) is 0 Å². The van der Waals surface area contributed by atoms with Crippen LogP contribution in [0, 0.1) is 0 Å². The van der Waals surface area contributed by atoms with Crippen molar-refractivity contribution in [1.29, 1.82) is 0 Å². The molecule has 68 valence electrons. The quantitative estimate of drug-likeness (QED) is 0.587. The van der Waals surface area contributed by atoms with Gasteiger partial charge in [0.15, 0.2) is 0 Å². The number of carbonyl (C=O) groups excluding carboxylic acids is 1. The van der Waals surface area contributed by atoms with Gasteiger partial charge in [-0.1, -0.05) is 6.08 Å². The highest BCUT2D eigenvalue weighted by Crippen LogP contribution is 2.20. The largest absolute Gasteiger partial charge is 0.466 e. The highest BCUT2D eigenvalue weighted by atomic mass is 16.5. The van der Waals surface area contributed by atoms with Crippen molar-refractivity contribution in [2.24, 2.45) is 0 Å². The molecule has 0 saturated heterocycles. The van der Waals surface area contributed by atoms with Crippen LogP contribution in [-0.2, 0) is 9.53 Å². The lowest BCUT2D eigenvalue weighted by atomic mass is 10.2. The summed E-state index contributed by atoms with van der Waals surface area (Å²) in [6.45, 7) is 0.524. The lowest BCUT2D eigenvalue weighted by Gasteiger charge is -2.16. The third-order valence-electron chi connectivity index (χ3n) is 2.03. The Kier molecular flexibility index (Phi) is 1.90. The number of hydrogen-bond donors (Lipinski definition) is 1. The Bertz CT molecular complexity index is 329. The van der Waals surface area contributed by atoms with Gasteiger partial charge < -0.3 is 4.74 Å². The molecule has 4 nitrogen and oxygen atoms in total. The van der Waals surface area contributed by atoms with Gasteiger partial charge >= 0.3 is 5.97 Å². The fourth-order valence-electron chi connectivity index (χ4n) is 1.38. The Balaban J connectivity index is 2.33. The van der Waals surface area contributed by atoms with Crippen molar-refractivity contribution < 1.29 is 9.53 Å². The van der Waals surface area contributed by atoms with Gasteiger partial charge in [-0.05, 0) is 12.2 Å². The van der Waals surface area contributed by atoms with Gasteiger partial charge in [0.1, 0.15) is 0 Å². The number of rotatable bonds is 1. The summed E-state index contributed by atoms with van der Waals surface area (Å²) < 4.78 is 4.66. The molecular weight excluding hydrogens is 168 g/mol. The average Bonchev–Trinajstić information content (AvgIpc) is 2.60. The lowest BCUT2D eigenvalue weighted by Crippen LogP contribution is -2.26. The minimum Gasteiger partial charge on any atom is -0.466 e. The highest BCUT2D eigenvalue weighted by molar-refractivity contribution is 5.90. The van der Waals surface area contributed by atoms with E-state index < -0.39 is 0 Å². The average molecular weight is 178 g/mol. The molecule has 2 heterocycles. The van der Waals surface area contributed by atoms with Crippen molar-refractivity contribution in [1.82, 2.24) is 10.4 Å². The summed E-state index contributed by atoms with van der Waals surface area (Å²) in [6, 6.07) is 0. The zero-order chi connectivity index (χ0) is 9.26. The minimum atomic E-state index is -0.273. The summed E-state index contributed by atoms with van der Waals surface area (Å²) >= 11 is 0. The van der Waals surface area contributed by atoms with E-state index in [0.29, 0.717) is 12.1 Å². The first-order chi connectivity index (χ1) is 6.33. The van der Waals surface area contributed by atoms with Gasteiger partial charge in [-0.15, -0.1) is 0 Å². The van der Waals surface area contributed by atoms with Crippen LogP contribution in [0.2, 0.25) is 0 Å². The second-order valence-corrected chi connectivity index (χ2v) is 2.76.